The Morgan fingerprint density at radius 2 is 1.74 bits per heavy atom. The molecular formula is C25H24N6O4. The third kappa shape index (κ3) is 3.99. The van der Waals surface area contributed by atoms with E-state index >= 15 is 0 Å². The number of carbonyl (C=O) groups is 1. The predicted octanol–water partition coefficient (Wildman–Crippen LogP) is 3.08. The molecule has 0 aliphatic rings. The van der Waals surface area contributed by atoms with Crippen molar-refractivity contribution < 1.29 is 14.3 Å². The van der Waals surface area contributed by atoms with Gasteiger partial charge in [0, 0.05) is 29.7 Å². The van der Waals surface area contributed by atoms with Crippen LogP contribution in [0.4, 0.5) is 5.69 Å². The number of amides is 1. The molecule has 0 atom stereocenters. The predicted molar refractivity (Wildman–Crippen MR) is 131 cm³/mol. The second kappa shape index (κ2) is 8.64. The van der Waals surface area contributed by atoms with Gasteiger partial charge in [-0.05, 0) is 49.2 Å². The van der Waals surface area contributed by atoms with Gasteiger partial charge >= 0.3 is 5.69 Å². The number of nitrogens with zero attached hydrogens (tertiary/aromatic N) is 5. The van der Waals surface area contributed by atoms with Crippen molar-refractivity contribution in [2.75, 3.05) is 19.5 Å². The molecule has 0 bridgehead atoms. The molecule has 3 heterocycles. The fourth-order valence-electron chi connectivity index (χ4n) is 3.93. The number of aromatic nitrogens is 5. The quantitative estimate of drug-likeness (QED) is 0.407. The van der Waals surface area contributed by atoms with E-state index < -0.39 is 11.6 Å². The summed E-state index contributed by atoms with van der Waals surface area (Å²) in [6, 6.07) is 13.1. The van der Waals surface area contributed by atoms with Crippen LogP contribution in [0.15, 0.2) is 59.7 Å². The fourth-order valence-corrected chi connectivity index (χ4v) is 3.93. The zero-order valence-corrected chi connectivity index (χ0v) is 19.8. The van der Waals surface area contributed by atoms with Crippen molar-refractivity contribution in [3.63, 3.8) is 0 Å². The van der Waals surface area contributed by atoms with Crippen molar-refractivity contribution in [2.45, 2.75) is 20.4 Å². The third-order valence-electron chi connectivity index (χ3n) is 5.96. The second-order valence-electron chi connectivity index (χ2n) is 8.21. The molecule has 0 aliphatic heterocycles. The summed E-state index contributed by atoms with van der Waals surface area (Å²) in [6.07, 6.45) is 3.29. The average molecular weight is 473 g/mol. The SMILES string of the molecule is COc1ccc(NC(=O)Cn2nc3c4cc(-c5ccc(C)c(C)c5)nn4ccn3c2=O)cc1OC. The summed E-state index contributed by atoms with van der Waals surface area (Å²) in [5.74, 6) is 0.632. The molecule has 5 rings (SSSR count). The van der Waals surface area contributed by atoms with Crippen LogP contribution in [0.3, 0.4) is 0 Å². The number of ether oxygens (including phenoxy) is 2. The standard InChI is InChI=1S/C25H24N6O4/c1-15-5-6-17(11-16(15)2)19-13-20-24-28-31(25(33)29(24)9-10-30(20)27-19)14-23(32)26-18-7-8-21(34-3)22(12-18)35-4/h5-13H,14H2,1-4H3,(H,26,32). The van der Waals surface area contributed by atoms with E-state index in [1.54, 1.807) is 35.1 Å². The molecule has 3 aromatic heterocycles. The third-order valence-corrected chi connectivity index (χ3v) is 5.96. The molecule has 35 heavy (non-hydrogen) atoms. The van der Waals surface area contributed by atoms with Crippen LogP contribution in [0.2, 0.25) is 0 Å². The van der Waals surface area contributed by atoms with Crippen molar-refractivity contribution in [2.24, 2.45) is 0 Å². The zero-order chi connectivity index (χ0) is 24.7. The minimum absolute atomic E-state index is 0.251. The highest BCUT2D eigenvalue weighted by Gasteiger charge is 2.16. The van der Waals surface area contributed by atoms with Crippen LogP contribution >= 0.6 is 0 Å². The number of carbonyl (C=O) groups excluding carboxylic acids is 1. The maximum absolute atomic E-state index is 12.9. The molecule has 1 N–H and O–H groups in total. The molecule has 178 valence electrons. The summed E-state index contributed by atoms with van der Waals surface area (Å²) in [5, 5.41) is 11.8. The van der Waals surface area contributed by atoms with E-state index in [0.717, 1.165) is 15.9 Å². The zero-order valence-electron chi connectivity index (χ0n) is 19.8. The van der Waals surface area contributed by atoms with Gasteiger partial charge < -0.3 is 14.8 Å². The first-order valence-electron chi connectivity index (χ1n) is 10.9. The van der Waals surface area contributed by atoms with Gasteiger partial charge in [-0.25, -0.2) is 18.4 Å². The smallest absolute Gasteiger partial charge is 0.350 e. The van der Waals surface area contributed by atoms with Crippen molar-refractivity contribution >= 4 is 22.8 Å². The second-order valence-corrected chi connectivity index (χ2v) is 8.21. The maximum Gasteiger partial charge on any atom is 0.350 e. The van der Waals surface area contributed by atoms with Crippen molar-refractivity contribution in [1.29, 1.82) is 0 Å². The van der Waals surface area contributed by atoms with Gasteiger partial charge in [-0.2, -0.15) is 5.10 Å². The lowest BCUT2D eigenvalue weighted by Crippen LogP contribution is -2.28. The molecule has 10 heteroatoms. The minimum Gasteiger partial charge on any atom is -0.493 e. The van der Waals surface area contributed by atoms with E-state index in [1.165, 1.54) is 29.7 Å². The molecule has 0 saturated carbocycles. The van der Waals surface area contributed by atoms with E-state index in [1.807, 2.05) is 12.1 Å². The first kappa shape index (κ1) is 22.2. The van der Waals surface area contributed by atoms with Crippen LogP contribution < -0.4 is 20.5 Å². The lowest BCUT2D eigenvalue weighted by molar-refractivity contribution is -0.117. The molecule has 10 nitrogen and oxygen atoms in total. The van der Waals surface area contributed by atoms with Crippen molar-refractivity contribution in [3.05, 3.63) is 76.5 Å². The number of benzene rings is 2. The van der Waals surface area contributed by atoms with Crippen LogP contribution in [0.25, 0.3) is 22.4 Å². The highest BCUT2D eigenvalue weighted by molar-refractivity contribution is 5.91. The van der Waals surface area contributed by atoms with E-state index in [0.29, 0.717) is 28.4 Å². The summed E-state index contributed by atoms with van der Waals surface area (Å²) in [4.78, 5) is 25.6. The van der Waals surface area contributed by atoms with Gasteiger partial charge in [0.1, 0.15) is 12.1 Å². The molecule has 0 unspecified atom stereocenters. The van der Waals surface area contributed by atoms with Gasteiger partial charge in [0.15, 0.2) is 17.1 Å². The first-order chi connectivity index (χ1) is 16.9. The Hall–Kier alpha value is -4.60. The maximum atomic E-state index is 12.9. The van der Waals surface area contributed by atoms with Gasteiger partial charge in [0.2, 0.25) is 5.91 Å². The molecule has 1 amide bonds. The highest BCUT2D eigenvalue weighted by atomic mass is 16.5. The number of hydrogen-bond donors (Lipinski definition) is 1. The van der Waals surface area contributed by atoms with E-state index in [9.17, 15) is 9.59 Å². The molecule has 5 aromatic rings. The fraction of sp³-hybridized carbons (Fsp3) is 0.200. The van der Waals surface area contributed by atoms with E-state index in [4.69, 9.17) is 9.47 Å². The lowest BCUT2D eigenvalue weighted by atomic mass is 10.0. The first-order valence-corrected chi connectivity index (χ1v) is 10.9. The Balaban J connectivity index is 1.45. The number of anilines is 1. The molecular weight excluding hydrogens is 448 g/mol. The summed E-state index contributed by atoms with van der Waals surface area (Å²) in [6.45, 7) is 3.87. The summed E-state index contributed by atoms with van der Waals surface area (Å²) < 4.78 is 14.7. The molecule has 0 spiro atoms. The Labute approximate surface area is 200 Å². The van der Waals surface area contributed by atoms with Crippen LogP contribution in [-0.4, -0.2) is 43.9 Å². The number of rotatable bonds is 6. The van der Waals surface area contributed by atoms with E-state index in [-0.39, 0.29) is 6.54 Å². The van der Waals surface area contributed by atoms with Crippen molar-refractivity contribution in [1.82, 2.24) is 23.8 Å². The minimum atomic E-state index is -0.418. The molecule has 0 fully saturated rings. The van der Waals surface area contributed by atoms with E-state index in [2.05, 4.69) is 41.5 Å². The van der Waals surface area contributed by atoms with Gasteiger partial charge in [-0.15, -0.1) is 5.10 Å². The molecule has 0 aliphatic carbocycles. The van der Waals surface area contributed by atoms with Crippen LogP contribution in [0, 0.1) is 13.8 Å². The molecule has 0 saturated heterocycles. The van der Waals surface area contributed by atoms with Crippen LogP contribution in [0.1, 0.15) is 11.1 Å². The van der Waals surface area contributed by atoms with Gasteiger partial charge in [-0.3, -0.25) is 4.79 Å². The molecule has 2 aromatic carbocycles. The monoisotopic (exact) mass is 472 g/mol. The van der Waals surface area contributed by atoms with Gasteiger partial charge in [0.05, 0.1) is 19.9 Å². The summed E-state index contributed by atoms with van der Waals surface area (Å²) in [7, 11) is 3.05. The Kier molecular flexibility index (Phi) is 5.48. The summed E-state index contributed by atoms with van der Waals surface area (Å²) >= 11 is 0. The number of methoxy groups -OCH3 is 2. The molecule has 0 radical (unpaired) electrons. The highest BCUT2D eigenvalue weighted by Crippen LogP contribution is 2.29. The van der Waals surface area contributed by atoms with Crippen LogP contribution in [-0.2, 0) is 11.3 Å². The number of aryl methyl sites for hydroxylation is 2. The number of hydrogen-bond acceptors (Lipinski definition) is 6. The van der Waals surface area contributed by atoms with Gasteiger partial charge in [0.25, 0.3) is 0 Å². The Bertz CT molecular complexity index is 1650. The van der Waals surface area contributed by atoms with Crippen LogP contribution in [0.5, 0.6) is 11.5 Å². The van der Waals surface area contributed by atoms with Gasteiger partial charge in [-0.1, -0.05) is 12.1 Å². The number of fused-ring (bicyclic) bond motifs is 3. The Morgan fingerprint density at radius 3 is 2.49 bits per heavy atom. The lowest BCUT2D eigenvalue weighted by Gasteiger charge is -2.10. The van der Waals surface area contributed by atoms with Crippen molar-refractivity contribution in [3.8, 4) is 22.8 Å². The normalized spacial score (nSPS) is 11.2. The largest absolute Gasteiger partial charge is 0.493 e. The Morgan fingerprint density at radius 1 is 0.943 bits per heavy atom. The average Bonchev–Trinajstić information content (AvgIpc) is 3.42. The topological polar surface area (TPSA) is 104 Å². The number of nitrogens with one attached hydrogen (secondary N) is 1. The summed E-state index contributed by atoms with van der Waals surface area (Å²) in [5.41, 5.74) is 5.30.